The van der Waals surface area contributed by atoms with E-state index < -0.39 is 11.7 Å². The molecule has 0 spiro atoms. The van der Waals surface area contributed by atoms with Crippen molar-refractivity contribution in [3.63, 3.8) is 0 Å². The minimum absolute atomic E-state index is 0.0479. The highest BCUT2D eigenvalue weighted by Crippen LogP contribution is 2.44. The molecule has 0 bridgehead atoms. The first-order valence-electron chi connectivity index (χ1n) is 7.44. The number of ether oxygens (including phenoxy) is 2. The maximum Gasteiger partial charge on any atom is 0.361 e. The molecule has 3 rings (SSSR count). The van der Waals surface area contributed by atoms with Gasteiger partial charge in [-0.2, -0.15) is 0 Å². The topological polar surface area (TPSA) is 67.9 Å². The predicted octanol–water partition coefficient (Wildman–Crippen LogP) is 1.33. The third-order valence-electron chi connectivity index (χ3n) is 4.66. The van der Waals surface area contributed by atoms with Gasteiger partial charge in [0.15, 0.2) is 0 Å². The van der Waals surface area contributed by atoms with Crippen LogP contribution in [0.2, 0.25) is 0 Å². The summed E-state index contributed by atoms with van der Waals surface area (Å²) in [5.41, 5.74) is 2.27. The Morgan fingerprint density at radius 2 is 1.95 bits per heavy atom. The number of nitrogens with zero attached hydrogens (tertiary/aromatic N) is 1. The number of hydrogen-bond donors (Lipinski definition) is 1. The van der Waals surface area contributed by atoms with Gasteiger partial charge < -0.3 is 9.47 Å². The predicted molar refractivity (Wildman–Crippen MR) is 78.6 cm³/mol. The first kappa shape index (κ1) is 15.0. The summed E-state index contributed by atoms with van der Waals surface area (Å²) in [6, 6.07) is 8.90. The molecule has 1 saturated carbocycles. The zero-order chi connectivity index (χ0) is 15.7. The molecule has 6 nitrogen and oxygen atoms in total. The van der Waals surface area contributed by atoms with Gasteiger partial charge in [0.1, 0.15) is 0 Å². The summed E-state index contributed by atoms with van der Waals surface area (Å²) >= 11 is 0. The van der Waals surface area contributed by atoms with Gasteiger partial charge in [0.25, 0.3) is 11.6 Å². The number of carbonyl (C=O) groups excluding carboxylic acids is 2. The molecule has 1 N–H and O–H groups in total. The molecule has 0 unspecified atom stereocenters. The second-order valence-electron chi connectivity index (χ2n) is 5.67. The van der Waals surface area contributed by atoms with Crippen molar-refractivity contribution in [3.8, 4) is 0 Å². The van der Waals surface area contributed by atoms with Crippen molar-refractivity contribution in [3.05, 3.63) is 35.9 Å². The summed E-state index contributed by atoms with van der Waals surface area (Å²) in [5, 5.41) is 1.32. The molecule has 22 heavy (non-hydrogen) atoms. The van der Waals surface area contributed by atoms with Gasteiger partial charge in [0.2, 0.25) is 0 Å². The average Bonchev–Trinajstić information content (AvgIpc) is 3.14. The van der Waals surface area contributed by atoms with E-state index in [-0.39, 0.29) is 17.9 Å². The smallest absolute Gasteiger partial charge is 0.361 e. The van der Waals surface area contributed by atoms with Crippen molar-refractivity contribution < 1.29 is 19.1 Å². The fourth-order valence-corrected chi connectivity index (χ4v) is 3.64. The van der Waals surface area contributed by atoms with Crippen LogP contribution in [-0.4, -0.2) is 42.9 Å². The monoisotopic (exact) mass is 304 g/mol. The number of benzene rings is 1. The van der Waals surface area contributed by atoms with E-state index in [9.17, 15) is 9.59 Å². The van der Waals surface area contributed by atoms with E-state index >= 15 is 0 Å². The molecule has 1 aliphatic heterocycles. The molecule has 1 amide bonds. The van der Waals surface area contributed by atoms with Crippen LogP contribution >= 0.6 is 0 Å². The van der Waals surface area contributed by atoms with Gasteiger partial charge in [-0.15, -0.1) is 0 Å². The van der Waals surface area contributed by atoms with Gasteiger partial charge in [0.05, 0.1) is 7.11 Å². The molecule has 2 fully saturated rings. The molecule has 1 saturated heterocycles. The maximum absolute atomic E-state index is 12.8. The van der Waals surface area contributed by atoms with E-state index in [2.05, 4.69) is 5.43 Å². The van der Waals surface area contributed by atoms with Gasteiger partial charge in [-0.3, -0.25) is 4.79 Å². The number of carbonyl (C=O) groups is 2. The van der Waals surface area contributed by atoms with Crippen molar-refractivity contribution in [1.82, 2.24) is 10.4 Å². The second-order valence-corrected chi connectivity index (χ2v) is 5.67. The summed E-state index contributed by atoms with van der Waals surface area (Å²) in [7, 11) is 2.77. The van der Waals surface area contributed by atoms with Gasteiger partial charge >= 0.3 is 5.97 Å². The normalized spacial score (nSPS) is 30.2. The number of fused-ring (bicyclic) bond motifs is 1. The Balaban J connectivity index is 2.01. The zero-order valence-corrected chi connectivity index (χ0v) is 12.7. The fourth-order valence-electron chi connectivity index (χ4n) is 3.64. The Bertz CT molecular complexity index is 577. The first-order chi connectivity index (χ1) is 10.6. The van der Waals surface area contributed by atoms with E-state index in [0.717, 1.165) is 19.3 Å². The number of methoxy groups -OCH3 is 2. The van der Waals surface area contributed by atoms with Crippen molar-refractivity contribution in [2.24, 2.45) is 5.92 Å². The van der Waals surface area contributed by atoms with Gasteiger partial charge in [-0.25, -0.2) is 15.2 Å². The Morgan fingerprint density at radius 3 is 2.59 bits per heavy atom. The summed E-state index contributed by atoms with van der Waals surface area (Å²) < 4.78 is 10.5. The standard InChI is InChI=1S/C16H20N2O4/c1-21-15(20)16(22-2)12-9-6-10-13(12)17-18(16)14(19)11-7-4-3-5-8-11/h3-5,7-8,12-13,17H,6,9-10H2,1-2H3/t12-,13+,16+/m0/s1. The molecule has 1 aliphatic carbocycles. The SMILES string of the molecule is COC(=O)[C@]1(OC)[C@H]2CCC[C@H]2NN1C(=O)c1ccccc1. The third-order valence-corrected chi connectivity index (χ3v) is 4.66. The molecule has 1 heterocycles. The summed E-state index contributed by atoms with van der Waals surface area (Å²) in [6.07, 6.45) is 2.72. The third kappa shape index (κ3) is 2.02. The van der Waals surface area contributed by atoms with Crippen LogP contribution in [0, 0.1) is 5.92 Å². The molecule has 0 aromatic heterocycles. The molecule has 2 aliphatic rings. The molecule has 118 valence electrons. The van der Waals surface area contributed by atoms with Gasteiger partial charge in [-0.05, 0) is 25.0 Å². The summed E-state index contributed by atoms with van der Waals surface area (Å²) in [5.74, 6) is -0.930. The molecular weight excluding hydrogens is 284 g/mol. The Hall–Kier alpha value is -1.92. The van der Waals surface area contributed by atoms with E-state index in [1.807, 2.05) is 6.07 Å². The second kappa shape index (κ2) is 5.70. The number of esters is 1. The van der Waals surface area contributed by atoms with E-state index in [4.69, 9.17) is 9.47 Å². The lowest BCUT2D eigenvalue weighted by atomic mass is 9.92. The van der Waals surface area contributed by atoms with Crippen molar-refractivity contribution in [2.45, 2.75) is 31.0 Å². The largest absolute Gasteiger partial charge is 0.465 e. The van der Waals surface area contributed by atoms with Crippen LogP contribution in [0.4, 0.5) is 0 Å². The number of hydrogen-bond acceptors (Lipinski definition) is 5. The Kier molecular flexibility index (Phi) is 3.88. The fraction of sp³-hybridized carbons (Fsp3) is 0.500. The highest BCUT2D eigenvalue weighted by Gasteiger charge is 2.63. The van der Waals surface area contributed by atoms with Crippen molar-refractivity contribution >= 4 is 11.9 Å². The molecule has 0 radical (unpaired) electrons. The number of amides is 1. The van der Waals surface area contributed by atoms with Crippen LogP contribution < -0.4 is 5.43 Å². The first-order valence-corrected chi connectivity index (χ1v) is 7.44. The lowest BCUT2D eigenvalue weighted by Gasteiger charge is -2.36. The van der Waals surface area contributed by atoms with Crippen molar-refractivity contribution in [2.75, 3.05) is 14.2 Å². The number of hydrazine groups is 1. The Labute approximate surface area is 129 Å². The molecule has 1 aromatic carbocycles. The Morgan fingerprint density at radius 1 is 1.23 bits per heavy atom. The minimum Gasteiger partial charge on any atom is -0.465 e. The van der Waals surface area contributed by atoms with E-state index in [1.54, 1.807) is 24.3 Å². The van der Waals surface area contributed by atoms with Gasteiger partial charge in [-0.1, -0.05) is 24.6 Å². The quantitative estimate of drug-likeness (QED) is 0.853. The molecular formula is C16H20N2O4. The van der Waals surface area contributed by atoms with Crippen LogP contribution in [0.5, 0.6) is 0 Å². The minimum atomic E-state index is -1.40. The number of rotatable bonds is 3. The molecule has 1 aromatic rings. The van der Waals surface area contributed by atoms with Crippen LogP contribution in [0.3, 0.4) is 0 Å². The molecule has 6 heteroatoms. The lowest BCUT2D eigenvalue weighted by Crippen LogP contribution is -2.60. The van der Waals surface area contributed by atoms with Crippen molar-refractivity contribution in [1.29, 1.82) is 0 Å². The molecule has 3 atom stereocenters. The summed E-state index contributed by atoms with van der Waals surface area (Å²) in [6.45, 7) is 0. The van der Waals surface area contributed by atoms with E-state index in [1.165, 1.54) is 19.2 Å². The lowest BCUT2D eigenvalue weighted by molar-refractivity contribution is -0.193. The van der Waals surface area contributed by atoms with Crippen LogP contribution in [0.15, 0.2) is 30.3 Å². The van der Waals surface area contributed by atoms with Crippen LogP contribution in [0.25, 0.3) is 0 Å². The average molecular weight is 304 g/mol. The zero-order valence-electron chi connectivity index (χ0n) is 12.7. The summed E-state index contributed by atoms with van der Waals surface area (Å²) in [4.78, 5) is 25.3. The number of nitrogens with one attached hydrogen (secondary N) is 1. The van der Waals surface area contributed by atoms with Gasteiger partial charge in [0, 0.05) is 24.6 Å². The van der Waals surface area contributed by atoms with Crippen LogP contribution in [-0.2, 0) is 14.3 Å². The maximum atomic E-state index is 12.8. The van der Waals surface area contributed by atoms with Crippen LogP contribution in [0.1, 0.15) is 29.6 Å². The van der Waals surface area contributed by atoms with E-state index in [0.29, 0.717) is 5.56 Å². The highest BCUT2D eigenvalue weighted by atomic mass is 16.6. The highest BCUT2D eigenvalue weighted by molar-refractivity contribution is 5.98.